The Morgan fingerprint density at radius 2 is 2.29 bits per heavy atom. The van der Waals surface area contributed by atoms with E-state index in [4.69, 9.17) is 4.98 Å². The van der Waals surface area contributed by atoms with Gasteiger partial charge in [0.15, 0.2) is 0 Å². The number of benzene rings is 1. The van der Waals surface area contributed by atoms with Gasteiger partial charge in [-0.05, 0) is 25.1 Å². The third kappa shape index (κ3) is 2.83. The van der Waals surface area contributed by atoms with Crippen LogP contribution in [0.15, 0.2) is 41.1 Å². The number of nitrogens with one attached hydrogen (secondary N) is 1. The Labute approximate surface area is 125 Å². The molecule has 0 aliphatic carbocycles. The van der Waals surface area contributed by atoms with E-state index >= 15 is 0 Å². The van der Waals surface area contributed by atoms with Crippen LogP contribution >= 0.6 is 0 Å². The number of hydrogen-bond acceptors (Lipinski definition) is 4. The first-order valence-corrected chi connectivity index (χ1v) is 7.34. The Morgan fingerprint density at radius 1 is 1.43 bits per heavy atom. The lowest BCUT2D eigenvalue weighted by Crippen LogP contribution is -2.21. The first-order chi connectivity index (χ1) is 10.3. The van der Waals surface area contributed by atoms with Crippen molar-refractivity contribution in [2.75, 3.05) is 19.6 Å². The number of aromatic nitrogens is 2. The second-order valence-corrected chi connectivity index (χ2v) is 5.27. The minimum Gasteiger partial charge on any atom is -0.331 e. The summed E-state index contributed by atoms with van der Waals surface area (Å²) in [4.78, 5) is 4.70. The summed E-state index contributed by atoms with van der Waals surface area (Å²) in [6, 6.07) is 8.22. The van der Waals surface area contributed by atoms with E-state index in [0.29, 0.717) is 0 Å². The normalized spacial score (nSPS) is 18.1. The lowest BCUT2D eigenvalue weighted by molar-refractivity contribution is 0.373. The number of nitrogens with zero attached hydrogens (tertiary/aromatic N) is 4. The number of aryl methyl sites for hydroxylation is 1. The standard InChI is InChI=1S/C16H21N5/c1-17-21-11-5-10-18-12-13(21)8-9-16-19-14-6-3-4-7-15(14)20(16)2/h3-4,6-8,18H,1,5,9-12H2,2H3/b13-8-. The second-order valence-electron chi connectivity index (χ2n) is 5.27. The average molecular weight is 283 g/mol. The zero-order chi connectivity index (χ0) is 14.7. The van der Waals surface area contributed by atoms with Crippen molar-refractivity contribution < 1.29 is 0 Å². The van der Waals surface area contributed by atoms with Gasteiger partial charge in [0.25, 0.3) is 0 Å². The molecule has 2 aromatic rings. The van der Waals surface area contributed by atoms with E-state index in [1.807, 2.05) is 17.1 Å². The zero-order valence-corrected chi connectivity index (χ0v) is 12.4. The summed E-state index contributed by atoms with van der Waals surface area (Å²) in [6.45, 7) is 6.45. The summed E-state index contributed by atoms with van der Waals surface area (Å²) >= 11 is 0. The Morgan fingerprint density at radius 3 is 3.10 bits per heavy atom. The summed E-state index contributed by atoms with van der Waals surface area (Å²) in [5, 5.41) is 9.52. The highest BCUT2D eigenvalue weighted by atomic mass is 15.5. The molecule has 3 rings (SSSR count). The fourth-order valence-corrected chi connectivity index (χ4v) is 2.73. The molecule has 2 heterocycles. The molecule has 1 saturated heterocycles. The molecule has 1 aliphatic heterocycles. The van der Waals surface area contributed by atoms with E-state index in [2.05, 4.69) is 47.0 Å². The van der Waals surface area contributed by atoms with E-state index in [1.165, 1.54) is 11.2 Å². The van der Waals surface area contributed by atoms with Gasteiger partial charge in [-0.25, -0.2) is 4.98 Å². The Hall–Kier alpha value is -2.14. The van der Waals surface area contributed by atoms with Gasteiger partial charge in [-0.15, -0.1) is 0 Å². The molecule has 21 heavy (non-hydrogen) atoms. The maximum absolute atomic E-state index is 4.70. The molecule has 0 unspecified atom stereocenters. The van der Waals surface area contributed by atoms with E-state index < -0.39 is 0 Å². The Kier molecular flexibility index (Phi) is 4.01. The maximum Gasteiger partial charge on any atom is 0.113 e. The summed E-state index contributed by atoms with van der Waals surface area (Å²) in [7, 11) is 2.07. The van der Waals surface area contributed by atoms with E-state index in [-0.39, 0.29) is 0 Å². The molecule has 110 valence electrons. The lowest BCUT2D eigenvalue weighted by atomic mass is 10.3. The Bertz CT molecular complexity index is 670. The van der Waals surface area contributed by atoms with Crippen LogP contribution in [0.3, 0.4) is 0 Å². The first kappa shape index (κ1) is 13.8. The van der Waals surface area contributed by atoms with Crippen LogP contribution in [0.4, 0.5) is 0 Å². The van der Waals surface area contributed by atoms with Gasteiger partial charge in [0, 0.05) is 39.0 Å². The van der Waals surface area contributed by atoms with Crippen LogP contribution in [0.5, 0.6) is 0 Å². The van der Waals surface area contributed by atoms with E-state index in [1.54, 1.807) is 0 Å². The van der Waals surface area contributed by atoms with Gasteiger partial charge in [-0.2, -0.15) is 5.10 Å². The summed E-state index contributed by atoms with van der Waals surface area (Å²) in [5.41, 5.74) is 3.39. The maximum atomic E-state index is 4.70. The highest BCUT2D eigenvalue weighted by molar-refractivity contribution is 5.75. The third-order valence-electron chi connectivity index (χ3n) is 3.93. The molecular formula is C16H21N5. The number of fused-ring (bicyclic) bond motifs is 1. The van der Waals surface area contributed by atoms with Crippen molar-refractivity contribution in [2.24, 2.45) is 12.1 Å². The fraction of sp³-hybridized carbons (Fsp3) is 0.375. The molecule has 0 amide bonds. The predicted octanol–water partition coefficient (Wildman–Crippen LogP) is 1.91. The quantitative estimate of drug-likeness (QED) is 0.875. The molecule has 0 saturated carbocycles. The monoisotopic (exact) mass is 283 g/mol. The van der Waals surface area contributed by atoms with Crippen LogP contribution in [0.25, 0.3) is 11.0 Å². The molecule has 0 spiro atoms. The van der Waals surface area contributed by atoms with Crippen molar-refractivity contribution in [3.63, 3.8) is 0 Å². The van der Waals surface area contributed by atoms with Crippen molar-refractivity contribution >= 4 is 17.8 Å². The molecule has 0 atom stereocenters. The number of para-hydroxylation sites is 2. The smallest absolute Gasteiger partial charge is 0.113 e. The SMILES string of the molecule is C=NN1CCCNC/C1=C/Cc1nc2ccccc2n1C. The fourth-order valence-electron chi connectivity index (χ4n) is 2.73. The van der Waals surface area contributed by atoms with Gasteiger partial charge in [0.1, 0.15) is 5.82 Å². The minimum atomic E-state index is 0.800. The largest absolute Gasteiger partial charge is 0.331 e. The van der Waals surface area contributed by atoms with Crippen LogP contribution in [0.1, 0.15) is 12.2 Å². The van der Waals surface area contributed by atoms with Crippen LogP contribution in [0.2, 0.25) is 0 Å². The zero-order valence-electron chi connectivity index (χ0n) is 12.4. The molecule has 5 nitrogen and oxygen atoms in total. The van der Waals surface area contributed by atoms with Crippen molar-refractivity contribution in [3.8, 4) is 0 Å². The number of allylic oxidation sites excluding steroid dienone is 1. The topological polar surface area (TPSA) is 45.4 Å². The van der Waals surface area contributed by atoms with Crippen molar-refractivity contribution in [3.05, 3.63) is 41.9 Å². The third-order valence-corrected chi connectivity index (χ3v) is 3.93. The van der Waals surface area contributed by atoms with Crippen molar-refractivity contribution in [2.45, 2.75) is 12.8 Å². The van der Waals surface area contributed by atoms with Crippen LogP contribution in [-0.4, -0.2) is 40.9 Å². The molecule has 1 aromatic carbocycles. The van der Waals surface area contributed by atoms with Gasteiger partial charge in [0.2, 0.25) is 0 Å². The molecule has 1 aromatic heterocycles. The van der Waals surface area contributed by atoms with Gasteiger partial charge in [-0.3, -0.25) is 5.01 Å². The number of rotatable bonds is 3. The summed E-state index contributed by atoms with van der Waals surface area (Å²) < 4.78 is 2.15. The van der Waals surface area contributed by atoms with Crippen molar-refractivity contribution in [1.29, 1.82) is 0 Å². The van der Waals surface area contributed by atoms with Crippen molar-refractivity contribution in [1.82, 2.24) is 19.9 Å². The van der Waals surface area contributed by atoms with Crippen LogP contribution < -0.4 is 5.32 Å². The van der Waals surface area contributed by atoms with Gasteiger partial charge < -0.3 is 9.88 Å². The summed E-state index contributed by atoms with van der Waals surface area (Å²) in [6.07, 6.45) is 4.09. The molecule has 0 bridgehead atoms. The number of hydrazone groups is 1. The highest BCUT2D eigenvalue weighted by Crippen LogP contribution is 2.16. The van der Waals surface area contributed by atoms with Gasteiger partial charge in [0.05, 0.1) is 11.0 Å². The van der Waals surface area contributed by atoms with E-state index in [0.717, 1.165) is 43.8 Å². The molecule has 5 heteroatoms. The minimum absolute atomic E-state index is 0.800. The highest BCUT2D eigenvalue weighted by Gasteiger charge is 2.12. The molecular weight excluding hydrogens is 262 g/mol. The first-order valence-electron chi connectivity index (χ1n) is 7.34. The average Bonchev–Trinajstić information content (AvgIpc) is 2.70. The Balaban J connectivity index is 1.85. The summed E-state index contributed by atoms with van der Waals surface area (Å²) in [5.74, 6) is 1.07. The molecule has 0 radical (unpaired) electrons. The lowest BCUT2D eigenvalue weighted by Gasteiger charge is -2.18. The number of hydrogen-bond donors (Lipinski definition) is 1. The van der Waals surface area contributed by atoms with Gasteiger partial charge >= 0.3 is 0 Å². The molecule has 1 fully saturated rings. The number of imidazole rings is 1. The predicted molar refractivity (Wildman–Crippen MR) is 86.2 cm³/mol. The van der Waals surface area contributed by atoms with Gasteiger partial charge in [-0.1, -0.05) is 18.2 Å². The van der Waals surface area contributed by atoms with E-state index in [9.17, 15) is 0 Å². The second kappa shape index (κ2) is 6.10. The van der Waals surface area contributed by atoms with Crippen LogP contribution in [-0.2, 0) is 13.5 Å². The molecule has 1 N–H and O–H groups in total. The molecule has 1 aliphatic rings. The van der Waals surface area contributed by atoms with Crippen LogP contribution in [0, 0.1) is 0 Å².